The molecule has 1 aromatic carbocycles. The van der Waals surface area contributed by atoms with Gasteiger partial charge < -0.3 is 14.5 Å². The molecule has 0 saturated carbocycles. The number of rotatable bonds is 3. The van der Waals surface area contributed by atoms with Crippen molar-refractivity contribution in [2.45, 2.75) is 18.9 Å². The van der Waals surface area contributed by atoms with E-state index in [9.17, 15) is 4.79 Å². The SMILES string of the molecule is N#Cc1ccc(C(=O)N2CCO[C@H](c3ccnc(N4CCCC4)n3)C2)cc1. The van der Waals surface area contributed by atoms with Crippen LogP contribution in [-0.2, 0) is 4.74 Å². The Kier molecular flexibility index (Phi) is 4.99. The number of benzene rings is 1. The number of anilines is 1. The second kappa shape index (κ2) is 7.72. The predicted molar refractivity (Wildman–Crippen MR) is 99.2 cm³/mol. The molecular weight excluding hydrogens is 342 g/mol. The third kappa shape index (κ3) is 3.76. The highest BCUT2D eigenvalue weighted by Gasteiger charge is 2.28. The zero-order valence-electron chi connectivity index (χ0n) is 15.0. The molecule has 7 heteroatoms. The van der Waals surface area contributed by atoms with Crippen molar-refractivity contribution >= 4 is 11.9 Å². The quantitative estimate of drug-likeness (QED) is 0.831. The molecule has 1 aromatic heterocycles. The summed E-state index contributed by atoms with van der Waals surface area (Å²) in [5.41, 5.74) is 1.93. The molecule has 2 saturated heterocycles. The van der Waals surface area contributed by atoms with Crippen molar-refractivity contribution in [2.24, 2.45) is 0 Å². The molecule has 0 unspecified atom stereocenters. The zero-order valence-corrected chi connectivity index (χ0v) is 15.0. The minimum absolute atomic E-state index is 0.0541. The van der Waals surface area contributed by atoms with Crippen LogP contribution in [0.3, 0.4) is 0 Å². The van der Waals surface area contributed by atoms with Gasteiger partial charge in [0.25, 0.3) is 5.91 Å². The van der Waals surface area contributed by atoms with Crippen LogP contribution in [-0.4, -0.2) is 53.6 Å². The van der Waals surface area contributed by atoms with Crippen LogP contribution in [0.4, 0.5) is 5.95 Å². The normalized spacial score (nSPS) is 19.7. The molecule has 27 heavy (non-hydrogen) atoms. The molecule has 2 fully saturated rings. The van der Waals surface area contributed by atoms with Gasteiger partial charge in [0, 0.05) is 31.4 Å². The van der Waals surface area contributed by atoms with E-state index in [0.29, 0.717) is 30.8 Å². The van der Waals surface area contributed by atoms with Gasteiger partial charge in [0.1, 0.15) is 6.10 Å². The Balaban J connectivity index is 1.48. The standard InChI is InChI=1S/C20H21N5O2/c21-13-15-3-5-16(6-4-15)19(26)25-11-12-27-18(14-25)17-7-8-22-20(23-17)24-9-1-2-10-24/h3-8,18H,1-2,9-12,14H2/t18-/m0/s1. The molecule has 0 aliphatic carbocycles. The monoisotopic (exact) mass is 363 g/mol. The Morgan fingerprint density at radius 3 is 2.67 bits per heavy atom. The lowest BCUT2D eigenvalue weighted by Crippen LogP contribution is -2.42. The number of nitrogens with zero attached hydrogens (tertiary/aromatic N) is 5. The van der Waals surface area contributed by atoms with Gasteiger partial charge in [-0.1, -0.05) is 0 Å². The second-order valence-electron chi connectivity index (χ2n) is 6.78. The van der Waals surface area contributed by atoms with Gasteiger partial charge in [0.05, 0.1) is 30.5 Å². The summed E-state index contributed by atoms with van der Waals surface area (Å²) in [5.74, 6) is 0.686. The fourth-order valence-electron chi connectivity index (χ4n) is 3.49. The average molecular weight is 363 g/mol. The zero-order chi connectivity index (χ0) is 18.6. The molecule has 0 spiro atoms. The number of hydrogen-bond acceptors (Lipinski definition) is 6. The topological polar surface area (TPSA) is 82.3 Å². The summed E-state index contributed by atoms with van der Waals surface area (Å²) < 4.78 is 5.89. The molecule has 2 aromatic rings. The number of carbonyl (C=O) groups excluding carboxylic acids is 1. The van der Waals surface area contributed by atoms with Gasteiger partial charge in [-0.2, -0.15) is 5.26 Å². The number of morpholine rings is 1. The minimum atomic E-state index is -0.259. The third-order valence-corrected chi connectivity index (χ3v) is 5.00. The van der Waals surface area contributed by atoms with E-state index < -0.39 is 0 Å². The summed E-state index contributed by atoms with van der Waals surface area (Å²) in [5, 5.41) is 8.90. The van der Waals surface area contributed by atoms with E-state index in [1.54, 1.807) is 35.4 Å². The molecule has 138 valence electrons. The van der Waals surface area contributed by atoms with Crippen LogP contribution in [0.2, 0.25) is 0 Å². The summed E-state index contributed by atoms with van der Waals surface area (Å²) in [6.07, 6.45) is 3.84. The molecule has 0 radical (unpaired) electrons. The van der Waals surface area contributed by atoms with Gasteiger partial charge in [-0.3, -0.25) is 4.79 Å². The lowest BCUT2D eigenvalue weighted by molar-refractivity contribution is -0.0247. The summed E-state index contributed by atoms with van der Waals surface area (Å²) in [4.78, 5) is 25.8. The lowest BCUT2D eigenvalue weighted by atomic mass is 10.1. The van der Waals surface area contributed by atoms with E-state index in [1.807, 2.05) is 6.07 Å². The molecule has 0 N–H and O–H groups in total. The predicted octanol–water partition coefficient (Wildman–Crippen LogP) is 2.16. The fraction of sp³-hybridized carbons (Fsp3) is 0.400. The first-order chi connectivity index (χ1) is 13.2. The number of ether oxygens (including phenoxy) is 1. The number of carbonyl (C=O) groups is 1. The van der Waals surface area contributed by atoms with Crippen LogP contribution in [0.15, 0.2) is 36.5 Å². The fourth-order valence-corrected chi connectivity index (χ4v) is 3.49. The van der Waals surface area contributed by atoms with Crippen molar-refractivity contribution in [2.75, 3.05) is 37.7 Å². The first kappa shape index (κ1) is 17.4. The van der Waals surface area contributed by atoms with Crippen LogP contribution in [0.5, 0.6) is 0 Å². The Morgan fingerprint density at radius 1 is 1.15 bits per heavy atom. The minimum Gasteiger partial charge on any atom is -0.368 e. The van der Waals surface area contributed by atoms with Gasteiger partial charge in [0.2, 0.25) is 5.95 Å². The highest BCUT2D eigenvalue weighted by Crippen LogP contribution is 2.24. The smallest absolute Gasteiger partial charge is 0.254 e. The number of amides is 1. The van der Waals surface area contributed by atoms with Crippen molar-refractivity contribution < 1.29 is 9.53 Å². The van der Waals surface area contributed by atoms with Crippen LogP contribution in [0.1, 0.15) is 40.6 Å². The highest BCUT2D eigenvalue weighted by molar-refractivity contribution is 5.94. The van der Waals surface area contributed by atoms with Crippen LogP contribution < -0.4 is 4.90 Å². The Bertz CT molecular complexity index is 855. The maximum atomic E-state index is 12.8. The van der Waals surface area contributed by atoms with Gasteiger partial charge >= 0.3 is 0 Å². The van der Waals surface area contributed by atoms with Crippen molar-refractivity contribution in [1.29, 1.82) is 5.26 Å². The van der Waals surface area contributed by atoms with Crippen molar-refractivity contribution in [1.82, 2.24) is 14.9 Å². The van der Waals surface area contributed by atoms with Gasteiger partial charge in [-0.05, 0) is 43.2 Å². The molecule has 0 bridgehead atoms. The van der Waals surface area contributed by atoms with E-state index in [1.165, 1.54) is 12.8 Å². The average Bonchev–Trinajstić information content (AvgIpc) is 3.28. The van der Waals surface area contributed by atoms with Gasteiger partial charge in [-0.25, -0.2) is 9.97 Å². The van der Waals surface area contributed by atoms with E-state index in [2.05, 4.69) is 20.9 Å². The molecule has 3 heterocycles. The maximum absolute atomic E-state index is 12.8. The Hall–Kier alpha value is -2.98. The van der Waals surface area contributed by atoms with Crippen LogP contribution in [0, 0.1) is 11.3 Å². The van der Waals surface area contributed by atoms with E-state index in [4.69, 9.17) is 10.00 Å². The number of aromatic nitrogens is 2. The Labute approximate surface area is 158 Å². The van der Waals surface area contributed by atoms with Crippen LogP contribution >= 0.6 is 0 Å². The number of hydrogen-bond donors (Lipinski definition) is 0. The maximum Gasteiger partial charge on any atom is 0.254 e. The summed E-state index contributed by atoms with van der Waals surface area (Å²) >= 11 is 0. The summed E-state index contributed by atoms with van der Waals surface area (Å²) in [6, 6.07) is 10.6. The molecule has 7 nitrogen and oxygen atoms in total. The first-order valence-corrected chi connectivity index (χ1v) is 9.23. The van der Waals surface area contributed by atoms with E-state index >= 15 is 0 Å². The largest absolute Gasteiger partial charge is 0.368 e. The second-order valence-corrected chi connectivity index (χ2v) is 6.78. The Morgan fingerprint density at radius 2 is 1.93 bits per heavy atom. The third-order valence-electron chi connectivity index (χ3n) is 5.00. The van der Waals surface area contributed by atoms with Gasteiger partial charge in [0.15, 0.2) is 0 Å². The number of nitriles is 1. The molecule has 1 atom stereocenters. The lowest BCUT2D eigenvalue weighted by Gasteiger charge is -2.33. The van der Waals surface area contributed by atoms with Crippen molar-refractivity contribution in [3.8, 4) is 6.07 Å². The molecule has 2 aliphatic heterocycles. The molecular formula is C20H21N5O2. The molecule has 2 aliphatic rings. The summed E-state index contributed by atoms with van der Waals surface area (Å²) in [6.45, 7) is 3.43. The molecule has 1 amide bonds. The van der Waals surface area contributed by atoms with Gasteiger partial charge in [-0.15, -0.1) is 0 Å². The van der Waals surface area contributed by atoms with Crippen molar-refractivity contribution in [3.05, 3.63) is 53.3 Å². The van der Waals surface area contributed by atoms with Crippen molar-refractivity contribution in [3.63, 3.8) is 0 Å². The highest BCUT2D eigenvalue weighted by atomic mass is 16.5. The first-order valence-electron chi connectivity index (χ1n) is 9.23. The van der Waals surface area contributed by atoms with E-state index in [-0.39, 0.29) is 12.0 Å². The molecule has 4 rings (SSSR count). The summed E-state index contributed by atoms with van der Waals surface area (Å²) in [7, 11) is 0. The van der Waals surface area contributed by atoms with Crippen LogP contribution in [0.25, 0.3) is 0 Å². The van der Waals surface area contributed by atoms with E-state index in [0.717, 1.165) is 24.7 Å².